The number of hydrogen-bond donors (Lipinski definition) is 1. The highest BCUT2D eigenvalue weighted by atomic mass is 16.2. The van der Waals surface area contributed by atoms with E-state index < -0.39 is 0 Å². The van der Waals surface area contributed by atoms with Crippen LogP contribution in [0, 0.1) is 5.92 Å². The minimum atomic E-state index is -0.0746. The second-order valence-electron chi connectivity index (χ2n) is 7.20. The van der Waals surface area contributed by atoms with Crippen molar-refractivity contribution >= 4 is 5.91 Å². The summed E-state index contributed by atoms with van der Waals surface area (Å²) >= 11 is 0. The lowest BCUT2D eigenvalue weighted by Crippen LogP contribution is -2.49. The highest BCUT2D eigenvalue weighted by Crippen LogP contribution is 2.19. The summed E-state index contributed by atoms with van der Waals surface area (Å²) in [6.45, 7) is 9.13. The van der Waals surface area contributed by atoms with Gasteiger partial charge < -0.3 is 9.88 Å². The van der Waals surface area contributed by atoms with Gasteiger partial charge in [0.25, 0.3) is 5.91 Å². The summed E-state index contributed by atoms with van der Waals surface area (Å²) in [4.78, 5) is 23.5. The van der Waals surface area contributed by atoms with Gasteiger partial charge in [-0.3, -0.25) is 14.7 Å². The van der Waals surface area contributed by atoms with Crippen LogP contribution in [0.5, 0.6) is 0 Å². The van der Waals surface area contributed by atoms with Gasteiger partial charge in [0.1, 0.15) is 5.69 Å². The van der Waals surface area contributed by atoms with Gasteiger partial charge in [0.05, 0.1) is 12.0 Å². The van der Waals surface area contributed by atoms with Crippen molar-refractivity contribution in [1.82, 2.24) is 24.8 Å². The molecule has 0 aliphatic carbocycles. The summed E-state index contributed by atoms with van der Waals surface area (Å²) in [6, 6.07) is 6.52. The molecule has 2 unspecified atom stereocenters. The summed E-state index contributed by atoms with van der Waals surface area (Å²) < 4.78 is 1.95. The second-order valence-corrected chi connectivity index (χ2v) is 7.20. The van der Waals surface area contributed by atoms with Gasteiger partial charge >= 0.3 is 0 Å². The van der Waals surface area contributed by atoms with Crippen LogP contribution in [-0.4, -0.2) is 44.5 Å². The number of carbonyl (C=O) groups is 1. The Hall–Kier alpha value is -2.21. The number of nitrogens with one attached hydrogen (secondary N) is 1. The number of pyridine rings is 1. The zero-order valence-electron chi connectivity index (χ0n) is 15.2. The maximum atomic E-state index is 12.5. The van der Waals surface area contributed by atoms with Crippen molar-refractivity contribution in [3.05, 3.63) is 48.3 Å². The van der Waals surface area contributed by atoms with Crippen LogP contribution in [0.2, 0.25) is 0 Å². The first-order valence-corrected chi connectivity index (χ1v) is 8.99. The van der Waals surface area contributed by atoms with E-state index in [9.17, 15) is 4.79 Å². The molecule has 1 amide bonds. The van der Waals surface area contributed by atoms with Crippen LogP contribution < -0.4 is 5.32 Å². The summed E-state index contributed by atoms with van der Waals surface area (Å²) in [5.74, 6) is 0.322. The molecule has 0 spiro atoms. The highest BCUT2D eigenvalue weighted by molar-refractivity contribution is 5.92. The number of amides is 1. The molecule has 1 aliphatic heterocycles. The quantitative estimate of drug-likeness (QED) is 0.908. The fourth-order valence-electron chi connectivity index (χ4n) is 3.29. The molecule has 1 fully saturated rings. The van der Waals surface area contributed by atoms with Crippen LogP contribution in [0.15, 0.2) is 36.9 Å². The number of carbonyl (C=O) groups excluding carboxylic acids is 1. The molecule has 0 aromatic carbocycles. The van der Waals surface area contributed by atoms with Gasteiger partial charge in [-0.1, -0.05) is 13.0 Å². The van der Waals surface area contributed by atoms with E-state index in [1.54, 1.807) is 6.33 Å². The van der Waals surface area contributed by atoms with E-state index in [0.717, 1.165) is 31.7 Å². The lowest BCUT2D eigenvalue weighted by atomic mass is 9.93. The fourth-order valence-corrected chi connectivity index (χ4v) is 3.29. The molecule has 1 saturated heterocycles. The topological polar surface area (TPSA) is 63.1 Å². The third-order valence-corrected chi connectivity index (χ3v) is 4.85. The Morgan fingerprint density at radius 2 is 2.20 bits per heavy atom. The van der Waals surface area contributed by atoms with E-state index in [4.69, 9.17) is 0 Å². The number of imidazole rings is 1. The Labute approximate surface area is 149 Å². The summed E-state index contributed by atoms with van der Waals surface area (Å²) in [5.41, 5.74) is 1.59. The summed E-state index contributed by atoms with van der Waals surface area (Å²) in [5, 5.41) is 3.16. The van der Waals surface area contributed by atoms with E-state index in [0.29, 0.717) is 17.7 Å². The molecular weight excluding hydrogens is 314 g/mol. The molecule has 1 N–H and O–H groups in total. The summed E-state index contributed by atoms with van der Waals surface area (Å²) in [7, 11) is 0. The third-order valence-electron chi connectivity index (χ3n) is 4.85. The molecule has 2 aromatic heterocycles. The van der Waals surface area contributed by atoms with Crippen LogP contribution in [0.1, 0.15) is 49.4 Å². The van der Waals surface area contributed by atoms with Crippen molar-refractivity contribution in [2.45, 2.75) is 45.8 Å². The predicted molar refractivity (Wildman–Crippen MR) is 97.2 cm³/mol. The van der Waals surface area contributed by atoms with Crippen molar-refractivity contribution in [3.8, 4) is 0 Å². The average molecular weight is 341 g/mol. The Morgan fingerprint density at radius 3 is 2.84 bits per heavy atom. The third kappa shape index (κ3) is 4.45. The van der Waals surface area contributed by atoms with Crippen LogP contribution in [0.4, 0.5) is 0 Å². The molecule has 25 heavy (non-hydrogen) atoms. The summed E-state index contributed by atoms with van der Waals surface area (Å²) in [6.07, 6.45) is 6.33. The van der Waals surface area contributed by atoms with Crippen molar-refractivity contribution < 1.29 is 4.79 Å². The van der Waals surface area contributed by atoms with E-state index in [2.05, 4.69) is 47.0 Å². The van der Waals surface area contributed by atoms with Crippen LogP contribution in [-0.2, 0) is 6.54 Å². The van der Waals surface area contributed by atoms with Gasteiger partial charge in [-0.15, -0.1) is 0 Å². The Bertz CT molecular complexity index is 697. The minimum absolute atomic E-state index is 0.0746. The Kier molecular flexibility index (Phi) is 5.48. The van der Waals surface area contributed by atoms with Crippen LogP contribution in [0.25, 0.3) is 0 Å². The molecule has 3 rings (SSSR count). The minimum Gasteiger partial charge on any atom is -0.348 e. The molecule has 6 heteroatoms. The first-order chi connectivity index (χ1) is 12.0. The second kappa shape index (κ2) is 7.78. The van der Waals surface area contributed by atoms with E-state index in [-0.39, 0.29) is 11.9 Å². The number of nitrogens with zero attached hydrogens (tertiary/aromatic N) is 4. The zero-order valence-corrected chi connectivity index (χ0v) is 15.2. The number of hydrogen-bond acceptors (Lipinski definition) is 4. The van der Waals surface area contributed by atoms with Crippen molar-refractivity contribution in [3.63, 3.8) is 0 Å². The molecule has 6 nitrogen and oxygen atoms in total. The first kappa shape index (κ1) is 17.6. The van der Waals surface area contributed by atoms with Crippen LogP contribution >= 0.6 is 0 Å². The molecule has 2 aromatic rings. The van der Waals surface area contributed by atoms with E-state index in [1.165, 1.54) is 0 Å². The van der Waals surface area contributed by atoms with Crippen molar-refractivity contribution in [2.75, 3.05) is 13.1 Å². The van der Waals surface area contributed by atoms with Crippen molar-refractivity contribution in [2.24, 2.45) is 5.92 Å². The molecule has 0 bridgehead atoms. The number of rotatable bonds is 5. The van der Waals surface area contributed by atoms with Gasteiger partial charge in [-0.25, -0.2) is 4.98 Å². The van der Waals surface area contributed by atoms with E-state index in [1.807, 2.05) is 29.1 Å². The lowest BCUT2D eigenvalue weighted by Gasteiger charge is -2.37. The largest absolute Gasteiger partial charge is 0.348 e. The molecule has 3 heterocycles. The Balaban J connectivity index is 1.53. The SMILES string of the molecule is CC1CN(Cc2ccccn2)CCC1NC(=O)c1cn(C(C)C)cn1. The molecule has 0 saturated carbocycles. The number of piperidine rings is 1. The molecule has 1 aliphatic rings. The number of aromatic nitrogens is 3. The molecular formula is C19H27N5O. The first-order valence-electron chi connectivity index (χ1n) is 8.99. The van der Waals surface area contributed by atoms with Gasteiger partial charge in [-0.05, 0) is 38.3 Å². The monoisotopic (exact) mass is 341 g/mol. The molecule has 134 valence electrons. The van der Waals surface area contributed by atoms with Crippen molar-refractivity contribution in [1.29, 1.82) is 0 Å². The lowest BCUT2D eigenvalue weighted by molar-refractivity contribution is 0.0855. The van der Waals surface area contributed by atoms with E-state index >= 15 is 0 Å². The van der Waals surface area contributed by atoms with Crippen LogP contribution in [0.3, 0.4) is 0 Å². The maximum absolute atomic E-state index is 12.5. The standard InChI is InChI=1S/C19H27N5O/c1-14(2)24-12-18(21-13-24)19(25)22-17-7-9-23(10-15(17)3)11-16-6-4-5-8-20-16/h4-6,8,12-15,17H,7,9-11H2,1-3H3,(H,22,25). The van der Waals surface area contributed by atoms with Gasteiger partial charge in [0, 0.05) is 44.1 Å². The average Bonchev–Trinajstić information content (AvgIpc) is 3.09. The maximum Gasteiger partial charge on any atom is 0.271 e. The fraction of sp³-hybridized carbons (Fsp3) is 0.526. The van der Waals surface area contributed by atoms with Gasteiger partial charge in [0.2, 0.25) is 0 Å². The molecule has 0 radical (unpaired) electrons. The number of likely N-dealkylation sites (tertiary alicyclic amines) is 1. The smallest absolute Gasteiger partial charge is 0.271 e. The normalized spacial score (nSPS) is 21.4. The van der Waals surface area contributed by atoms with Gasteiger partial charge in [-0.2, -0.15) is 0 Å². The van der Waals surface area contributed by atoms with Gasteiger partial charge in [0.15, 0.2) is 0 Å². The zero-order chi connectivity index (χ0) is 17.8. The molecule has 2 atom stereocenters. The highest BCUT2D eigenvalue weighted by Gasteiger charge is 2.28. The predicted octanol–water partition coefficient (Wildman–Crippen LogP) is 2.50. The Morgan fingerprint density at radius 1 is 1.36 bits per heavy atom.